The van der Waals surface area contributed by atoms with Crippen LogP contribution in [0.2, 0.25) is 17.1 Å². The van der Waals surface area contributed by atoms with Crippen LogP contribution in [0, 0.1) is 0 Å². The molecule has 0 aliphatic heterocycles. The summed E-state index contributed by atoms with van der Waals surface area (Å²) >= 11 is -1.21. The van der Waals surface area contributed by atoms with Gasteiger partial charge in [-0.25, -0.2) is 0 Å². The minimum absolute atomic E-state index is 0. The average molecular weight is 247 g/mol. The number of hydrogen-bond acceptors (Lipinski definition) is 0. The normalized spacial score (nSPS) is 10.6. The van der Waals surface area contributed by atoms with Gasteiger partial charge in [-0.2, -0.15) is 0 Å². The topological polar surface area (TPSA) is 0 Å². The quantitative estimate of drug-likeness (QED) is 0.650. The molecule has 1 aromatic rings. The SMILES string of the molecule is C[As+](C)(C)Cc1ccccc1.[Cl-]. The summed E-state index contributed by atoms with van der Waals surface area (Å²) in [6, 6.07) is 10.8. The fourth-order valence-electron chi connectivity index (χ4n) is 1.13. The van der Waals surface area contributed by atoms with Crippen molar-refractivity contribution in [3.05, 3.63) is 35.9 Å². The van der Waals surface area contributed by atoms with Gasteiger partial charge in [0.15, 0.2) is 0 Å². The molecule has 0 N–H and O–H groups in total. The van der Waals surface area contributed by atoms with Gasteiger partial charge in [-0.1, -0.05) is 0 Å². The zero-order valence-electron chi connectivity index (χ0n) is 7.92. The Hall–Kier alpha value is 0.0684. The van der Waals surface area contributed by atoms with Crippen LogP contribution in [0.1, 0.15) is 5.56 Å². The molecule has 0 aliphatic rings. The summed E-state index contributed by atoms with van der Waals surface area (Å²) in [6.07, 6.45) is 0. The Morgan fingerprint density at radius 3 is 1.92 bits per heavy atom. The van der Waals surface area contributed by atoms with Gasteiger partial charge in [0.2, 0.25) is 0 Å². The summed E-state index contributed by atoms with van der Waals surface area (Å²) in [7, 11) is 0. The Kier molecular flexibility index (Phi) is 4.97. The molecule has 0 aliphatic carbocycles. The van der Waals surface area contributed by atoms with Gasteiger partial charge in [0.1, 0.15) is 0 Å². The van der Waals surface area contributed by atoms with E-state index in [-0.39, 0.29) is 12.4 Å². The summed E-state index contributed by atoms with van der Waals surface area (Å²) in [5, 5.41) is 1.33. The van der Waals surface area contributed by atoms with Crippen molar-refractivity contribution >= 4 is 13.6 Å². The molecule has 0 aromatic heterocycles. The van der Waals surface area contributed by atoms with Crippen LogP contribution in [0.3, 0.4) is 0 Å². The van der Waals surface area contributed by atoms with Crippen molar-refractivity contribution in [1.82, 2.24) is 0 Å². The Balaban J connectivity index is 0.00000121. The monoisotopic (exact) mass is 246 g/mol. The third kappa shape index (κ3) is 4.85. The number of benzene rings is 1. The third-order valence-corrected chi connectivity index (χ3v) is 4.26. The summed E-state index contributed by atoms with van der Waals surface area (Å²) in [5.74, 6) is 0. The van der Waals surface area contributed by atoms with Crippen molar-refractivity contribution in [2.24, 2.45) is 0 Å². The maximum atomic E-state index is 2.44. The second-order valence-electron chi connectivity index (χ2n) is 3.93. The minimum Gasteiger partial charge on any atom is -1.00 e. The molecule has 0 nitrogen and oxygen atoms in total. The number of rotatable bonds is 2. The molecule has 12 heavy (non-hydrogen) atoms. The Bertz CT molecular complexity index is 213. The van der Waals surface area contributed by atoms with Crippen LogP contribution in [0.15, 0.2) is 30.3 Å². The van der Waals surface area contributed by atoms with Gasteiger partial charge in [0.05, 0.1) is 0 Å². The second-order valence-corrected chi connectivity index (χ2v) is 14.2. The molecule has 0 saturated heterocycles. The maximum absolute atomic E-state index is 2.44. The van der Waals surface area contributed by atoms with E-state index in [4.69, 9.17) is 0 Å². The molecule has 0 bridgehead atoms. The summed E-state index contributed by atoms with van der Waals surface area (Å²) in [6.45, 7) is 0. The van der Waals surface area contributed by atoms with E-state index in [1.807, 2.05) is 0 Å². The molecule has 0 atom stereocenters. The fourth-order valence-corrected chi connectivity index (χ4v) is 3.87. The van der Waals surface area contributed by atoms with E-state index < -0.39 is 13.6 Å². The third-order valence-electron chi connectivity index (χ3n) is 1.50. The molecule has 0 saturated carbocycles. The van der Waals surface area contributed by atoms with E-state index in [0.29, 0.717) is 0 Å². The van der Waals surface area contributed by atoms with E-state index in [9.17, 15) is 0 Å². The molecule has 0 fully saturated rings. The van der Waals surface area contributed by atoms with Crippen molar-refractivity contribution in [3.8, 4) is 0 Å². The number of halogens is 1. The van der Waals surface area contributed by atoms with E-state index in [1.54, 1.807) is 0 Å². The predicted molar refractivity (Wildman–Crippen MR) is 53.5 cm³/mol. The number of hydrogen-bond donors (Lipinski definition) is 0. The molecule has 0 amide bonds. The molecule has 0 unspecified atom stereocenters. The molecule has 0 spiro atoms. The van der Waals surface area contributed by atoms with Crippen molar-refractivity contribution < 1.29 is 12.4 Å². The maximum Gasteiger partial charge on any atom is -1.00 e. The summed E-state index contributed by atoms with van der Waals surface area (Å²) in [4.78, 5) is 0. The fraction of sp³-hybridized carbons (Fsp3) is 0.400. The first-order valence-corrected chi connectivity index (χ1v) is 10.9. The van der Waals surface area contributed by atoms with Crippen molar-refractivity contribution in [2.45, 2.75) is 22.3 Å². The van der Waals surface area contributed by atoms with Crippen LogP contribution in [0.5, 0.6) is 0 Å². The average Bonchev–Trinajstić information content (AvgIpc) is 1.85. The first-order chi connectivity index (χ1) is 5.08. The molecule has 1 aromatic carbocycles. The van der Waals surface area contributed by atoms with Gasteiger partial charge >= 0.3 is 71.8 Å². The molecular formula is C10H16AsCl. The molecule has 0 heterocycles. The molecule has 68 valence electrons. The van der Waals surface area contributed by atoms with Gasteiger partial charge in [0.25, 0.3) is 0 Å². The van der Waals surface area contributed by atoms with Crippen molar-refractivity contribution in [1.29, 1.82) is 0 Å². The summed E-state index contributed by atoms with van der Waals surface area (Å²) in [5.41, 5.74) is 8.81. The molecule has 2 heteroatoms. The van der Waals surface area contributed by atoms with Crippen LogP contribution in [0.25, 0.3) is 0 Å². The Labute approximate surface area is 84.2 Å². The molecular weight excluding hydrogens is 230 g/mol. The van der Waals surface area contributed by atoms with Gasteiger partial charge in [-0.15, -0.1) is 0 Å². The Morgan fingerprint density at radius 2 is 1.50 bits per heavy atom. The standard InChI is InChI=1S/C10H16As.ClH/c1-11(2,3)9-10-7-5-4-6-8-10;/h4-8H,9H2,1-3H3;1H/q+1;/p-1. The van der Waals surface area contributed by atoms with Crippen molar-refractivity contribution in [3.63, 3.8) is 0 Å². The minimum atomic E-state index is -1.21. The van der Waals surface area contributed by atoms with Crippen LogP contribution in [0.4, 0.5) is 0 Å². The molecule has 0 radical (unpaired) electrons. The zero-order chi connectivity index (χ0) is 8.32. The van der Waals surface area contributed by atoms with E-state index in [0.717, 1.165) is 0 Å². The van der Waals surface area contributed by atoms with Crippen LogP contribution in [-0.4, -0.2) is 13.6 Å². The van der Waals surface area contributed by atoms with E-state index in [2.05, 4.69) is 47.5 Å². The van der Waals surface area contributed by atoms with Gasteiger partial charge < -0.3 is 12.4 Å². The van der Waals surface area contributed by atoms with E-state index in [1.165, 1.54) is 10.8 Å². The first-order valence-electron chi connectivity index (χ1n) is 3.92. The Morgan fingerprint density at radius 1 is 1.00 bits per heavy atom. The van der Waals surface area contributed by atoms with E-state index >= 15 is 0 Å². The van der Waals surface area contributed by atoms with Crippen molar-refractivity contribution in [2.75, 3.05) is 0 Å². The van der Waals surface area contributed by atoms with Gasteiger partial charge in [-0.05, 0) is 0 Å². The van der Waals surface area contributed by atoms with Gasteiger partial charge in [-0.3, -0.25) is 0 Å². The molecule has 1 rings (SSSR count). The van der Waals surface area contributed by atoms with Gasteiger partial charge in [0, 0.05) is 0 Å². The second kappa shape index (κ2) is 4.94. The first kappa shape index (κ1) is 12.1. The summed E-state index contributed by atoms with van der Waals surface area (Å²) < 4.78 is 0. The van der Waals surface area contributed by atoms with Crippen LogP contribution >= 0.6 is 0 Å². The van der Waals surface area contributed by atoms with Crippen LogP contribution < -0.4 is 12.4 Å². The smallest absolute Gasteiger partial charge is 1.00 e. The largest absolute Gasteiger partial charge is 1.00 e. The predicted octanol–water partition coefficient (Wildman–Crippen LogP) is 0.111. The van der Waals surface area contributed by atoms with Crippen LogP contribution in [-0.2, 0) is 5.21 Å². The zero-order valence-corrected chi connectivity index (χ0v) is 10.6.